The molecule has 0 fully saturated rings. The van der Waals surface area contributed by atoms with Gasteiger partial charge in [0.25, 0.3) is 0 Å². The number of hydrogen-bond donors (Lipinski definition) is 1. The second-order valence-electron chi connectivity index (χ2n) is 3.57. The summed E-state index contributed by atoms with van der Waals surface area (Å²) < 4.78 is 13.4. The highest BCUT2D eigenvalue weighted by Gasteiger charge is 2.07. The second-order valence-corrected chi connectivity index (χ2v) is 4.42. The summed E-state index contributed by atoms with van der Waals surface area (Å²) >= 11 is 1.33. The normalized spacial score (nSPS) is 8.95. The molecule has 0 aromatic carbocycles. The number of hydrogen-bond acceptors (Lipinski definition) is 4. The van der Waals surface area contributed by atoms with Gasteiger partial charge in [0.1, 0.15) is 23.5 Å². The molecule has 2 heterocycles. The van der Waals surface area contributed by atoms with Gasteiger partial charge in [0.05, 0.1) is 6.26 Å². The number of aromatic amines is 1. The van der Waals surface area contributed by atoms with Crippen molar-refractivity contribution in [2.24, 2.45) is 0 Å². The molecule has 0 unspecified atom stereocenters. The molecule has 0 spiro atoms. The van der Waals surface area contributed by atoms with Crippen LogP contribution in [0.2, 0.25) is 0 Å². The van der Waals surface area contributed by atoms with Crippen LogP contribution in [0.3, 0.4) is 0 Å². The molecule has 1 N–H and O–H groups in total. The van der Waals surface area contributed by atoms with Crippen molar-refractivity contribution < 1.29 is 8.83 Å². The van der Waals surface area contributed by atoms with E-state index in [-0.39, 0.29) is 5.76 Å². The van der Waals surface area contributed by atoms with Crippen molar-refractivity contribution in [2.75, 3.05) is 0 Å². The highest BCUT2D eigenvalue weighted by atomic mass is 32.1. The van der Waals surface area contributed by atoms with E-state index in [1.807, 2.05) is 48.7 Å². The van der Waals surface area contributed by atoms with E-state index in [0.717, 1.165) is 10.4 Å². The zero-order valence-corrected chi connectivity index (χ0v) is 11.3. The number of rotatable bonds is 0. The molecule has 0 aromatic rings. The molecule has 0 saturated carbocycles. The summed E-state index contributed by atoms with van der Waals surface area (Å²) in [5.74, 6) is 0.219. The van der Waals surface area contributed by atoms with Crippen molar-refractivity contribution in [1.82, 2.24) is 4.37 Å². The van der Waals surface area contributed by atoms with E-state index in [1.165, 1.54) is 30.3 Å². The zero-order chi connectivity index (χ0) is 14.0. The Balaban J connectivity index is 2.62. The summed E-state index contributed by atoms with van der Waals surface area (Å²) in [6, 6.07) is 15.1. The fourth-order valence-electron chi connectivity index (χ4n) is 1.39. The lowest BCUT2D eigenvalue weighted by molar-refractivity contribution is 0.491. The SMILES string of the molecule is N#Cc1occoccccccccc2c[nH]sc1-2. The number of aromatic nitrogens is 1. The van der Waals surface area contributed by atoms with Gasteiger partial charge in [-0.2, -0.15) is 5.26 Å². The van der Waals surface area contributed by atoms with E-state index in [0.29, 0.717) is 0 Å². The molecule has 0 atom stereocenters. The third kappa shape index (κ3) is 3.90. The fourth-order valence-corrected chi connectivity index (χ4v) is 2.12. The smallest absolute Gasteiger partial charge is 0.222 e. The van der Waals surface area contributed by atoms with E-state index < -0.39 is 0 Å². The van der Waals surface area contributed by atoms with Gasteiger partial charge in [-0.15, -0.1) is 0 Å². The van der Waals surface area contributed by atoms with Crippen LogP contribution >= 0.6 is 11.5 Å². The van der Waals surface area contributed by atoms with Crippen LogP contribution in [0.1, 0.15) is 5.76 Å². The maximum absolute atomic E-state index is 9.15. The lowest BCUT2D eigenvalue weighted by Gasteiger charge is -1.90. The van der Waals surface area contributed by atoms with Crippen LogP contribution in [0.5, 0.6) is 0 Å². The standard InChI is InChI=1S/C15H12N2O2S/c16-11-14-15-13(12-17-20-15)7-5-3-1-2-4-6-8-18-9-10-19-14/h1-10,12,17H. The number of fused-ring (bicyclic) bond motifs is 1. The lowest BCUT2D eigenvalue weighted by Crippen LogP contribution is -1.73. The molecule has 0 aromatic heterocycles. The van der Waals surface area contributed by atoms with Crippen molar-refractivity contribution in [3.63, 3.8) is 0 Å². The number of nitriles is 1. The van der Waals surface area contributed by atoms with Crippen molar-refractivity contribution in [3.8, 4) is 16.5 Å². The Morgan fingerprint density at radius 2 is 1.80 bits per heavy atom. The first-order valence-electron chi connectivity index (χ1n) is 5.83. The van der Waals surface area contributed by atoms with E-state index in [4.69, 9.17) is 14.1 Å². The first kappa shape index (κ1) is 13.7. The number of nitrogens with zero attached hydrogens (tertiary/aromatic N) is 1. The van der Waals surface area contributed by atoms with Crippen molar-refractivity contribution >= 4 is 11.5 Å². The van der Waals surface area contributed by atoms with E-state index in [9.17, 15) is 0 Å². The van der Waals surface area contributed by atoms with Gasteiger partial charge in [0.2, 0.25) is 5.76 Å². The molecule has 2 rings (SSSR count). The lowest BCUT2D eigenvalue weighted by atomic mass is 10.2. The van der Waals surface area contributed by atoms with Gasteiger partial charge < -0.3 is 13.2 Å². The Hall–Kier alpha value is -2.71. The topological polar surface area (TPSA) is 65.9 Å². The van der Waals surface area contributed by atoms with Gasteiger partial charge in [0, 0.05) is 11.8 Å². The van der Waals surface area contributed by atoms with Crippen LogP contribution in [-0.2, 0) is 0 Å². The van der Waals surface area contributed by atoms with Crippen molar-refractivity contribution in [2.45, 2.75) is 0 Å². The molecular formula is C15H12N2O2S. The fraction of sp³-hybridized carbons (Fsp3) is 0. The van der Waals surface area contributed by atoms with Crippen molar-refractivity contribution in [1.29, 1.82) is 5.26 Å². The largest absolute Gasteiger partial charge is 0.469 e. The highest BCUT2D eigenvalue weighted by molar-refractivity contribution is 7.09. The Bertz CT molecular complexity index is 713. The van der Waals surface area contributed by atoms with E-state index in [1.54, 1.807) is 6.07 Å². The number of H-pyrrole nitrogens is 1. The van der Waals surface area contributed by atoms with Crippen molar-refractivity contribution in [3.05, 3.63) is 73.2 Å². The molecule has 0 amide bonds. The average molecular weight is 284 g/mol. The Kier molecular flexibility index (Phi) is 5.26. The predicted molar refractivity (Wildman–Crippen MR) is 77.4 cm³/mol. The summed E-state index contributed by atoms with van der Waals surface area (Å²) in [5.41, 5.74) is 0.891. The van der Waals surface area contributed by atoms with Gasteiger partial charge >= 0.3 is 0 Å². The van der Waals surface area contributed by atoms with Gasteiger partial charge in [-0.1, -0.05) is 47.9 Å². The van der Waals surface area contributed by atoms with Crippen LogP contribution < -0.4 is 0 Å². The predicted octanol–water partition coefficient (Wildman–Crippen LogP) is 4.61. The zero-order valence-electron chi connectivity index (χ0n) is 10.5. The first-order valence-corrected chi connectivity index (χ1v) is 6.64. The second kappa shape index (κ2) is 7.67. The van der Waals surface area contributed by atoms with Crippen LogP contribution in [0.15, 0.2) is 76.3 Å². The molecular weight excluding hydrogens is 272 g/mol. The summed E-state index contributed by atoms with van der Waals surface area (Å²) in [7, 11) is 0. The van der Waals surface area contributed by atoms with Crippen LogP contribution in [0, 0.1) is 11.3 Å². The minimum absolute atomic E-state index is 0.219. The van der Waals surface area contributed by atoms with Gasteiger partial charge in [-0.3, -0.25) is 0 Å². The quantitative estimate of drug-likeness (QED) is 0.768. The molecule has 4 nitrogen and oxygen atoms in total. The average Bonchev–Trinajstić information content (AvgIpc) is 2.91. The minimum Gasteiger partial charge on any atom is -0.469 e. The van der Waals surface area contributed by atoms with Gasteiger partial charge in [-0.25, -0.2) is 0 Å². The molecule has 0 radical (unpaired) electrons. The van der Waals surface area contributed by atoms with Gasteiger partial charge in [-0.05, 0) is 6.07 Å². The third-order valence-corrected chi connectivity index (χ3v) is 3.11. The molecule has 0 bridgehead atoms. The summed E-state index contributed by atoms with van der Waals surface area (Å²) in [6.45, 7) is 0. The van der Waals surface area contributed by atoms with Crippen LogP contribution in [-0.4, -0.2) is 4.37 Å². The maximum Gasteiger partial charge on any atom is 0.222 e. The Morgan fingerprint density at radius 1 is 1.00 bits per heavy atom. The van der Waals surface area contributed by atoms with Gasteiger partial charge in [0.15, 0.2) is 0 Å². The summed E-state index contributed by atoms with van der Waals surface area (Å²) in [5, 5.41) is 9.15. The van der Waals surface area contributed by atoms with E-state index in [2.05, 4.69) is 4.37 Å². The maximum atomic E-state index is 9.15. The van der Waals surface area contributed by atoms with Crippen LogP contribution in [0.4, 0.5) is 0 Å². The van der Waals surface area contributed by atoms with Crippen LogP contribution in [0.25, 0.3) is 10.4 Å². The molecule has 0 aliphatic carbocycles. The summed E-state index contributed by atoms with van der Waals surface area (Å²) in [6.07, 6.45) is 6.03. The molecule has 2 aliphatic heterocycles. The first-order chi connectivity index (χ1) is 9.92. The molecule has 5 heteroatoms. The minimum atomic E-state index is 0.219. The van der Waals surface area contributed by atoms with E-state index >= 15 is 0 Å². The number of nitrogens with one attached hydrogen (secondary N) is 1. The molecule has 2 aliphatic rings. The molecule has 100 valence electrons. The molecule has 20 heavy (non-hydrogen) atoms. The molecule has 0 saturated heterocycles. The Labute approximate surface area is 120 Å². The highest BCUT2D eigenvalue weighted by Crippen LogP contribution is 2.26. The summed E-state index contributed by atoms with van der Waals surface area (Å²) in [4.78, 5) is 0.739. The monoisotopic (exact) mass is 284 g/mol. The Morgan fingerprint density at radius 3 is 2.65 bits per heavy atom. The third-order valence-electron chi connectivity index (χ3n) is 2.25.